The molecule has 9 aromatic carbocycles. The van der Waals surface area contributed by atoms with Crippen molar-refractivity contribution >= 4 is 92.3 Å². The average Bonchev–Trinajstić information content (AvgIpc) is 3.98. The minimum Gasteiger partial charge on any atom is -0.456 e. The quantitative estimate of drug-likeness (QED) is 0.168. The van der Waals surface area contributed by atoms with Gasteiger partial charge >= 0.3 is 0 Å². The fraction of sp³-hybridized carbons (Fsp3) is 0. The van der Waals surface area contributed by atoms with Crippen LogP contribution in [0.4, 0.5) is 17.1 Å². The first-order chi connectivity index (χ1) is 28.8. The Morgan fingerprint density at radius 3 is 1.83 bits per heavy atom. The predicted molar refractivity (Wildman–Crippen MR) is 247 cm³/mol. The van der Waals surface area contributed by atoms with E-state index < -0.39 is 0 Å². The molecule has 0 aliphatic heterocycles. The van der Waals surface area contributed by atoms with E-state index in [1.54, 1.807) is 0 Å². The molecule has 272 valence electrons. The molecule has 0 bridgehead atoms. The monoisotopic (exact) mass is 758 g/mol. The zero-order chi connectivity index (χ0) is 38.2. The summed E-state index contributed by atoms with van der Waals surface area (Å²) in [6.07, 6.45) is 0. The number of rotatable bonds is 6. The van der Waals surface area contributed by atoms with E-state index in [1.807, 2.05) is 17.4 Å². The van der Waals surface area contributed by atoms with Crippen molar-refractivity contribution in [2.75, 3.05) is 4.90 Å². The van der Waals surface area contributed by atoms with Gasteiger partial charge in [0.15, 0.2) is 0 Å². The molecule has 3 heterocycles. The summed E-state index contributed by atoms with van der Waals surface area (Å²) in [5.74, 6) is 0. The zero-order valence-corrected chi connectivity index (χ0v) is 32.2. The summed E-state index contributed by atoms with van der Waals surface area (Å²) in [6.45, 7) is 0. The number of nitrogens with zero attached hydrogens (tertiary/aromatic N) is 2. The van der Waals surface area contributed by atoms with Gasteiger partial charge in [-0.25, -0.2) is 0 Å². The van der Waals surface area contributed by atoms with E-state index in [2.05, 4.69) is 210 Å². The predicted octanol–water partition coefficient (Wildman–Crippen LogP) is 15.9. The van der Waals surface area contributed by atoms with Gasteiger partial charge in [0.1, 0.15) is 11.2 Å². The third kappa shape index (κ3) is 4.99. The van der Waals surface area contributed by atoms with Gasteiger partial charge in [0, 0.05) is 42.0 Å². The second kappa shape index (κ2) is 13.1. The van der Waals surface area contributed by atoms with Crippen LogP contribution in [0.2, 0.25) is 0 Å². The summed E-state index contributed by atoms with van der Waals surface area (Å²) in [4.78, 5) is 2.52. The summed E-state index contributed by atoms with van der Waals surface area (Å²) < 4.78 is 11.5. The first-order valence-electron chi connectivity index (χ1n) is 19.7. The number of fused-ring (bicyclic) bond motifs is 9. The SMILES string of the molecule is c1ccc(-c2ccc3c(c2)sc2c(-c4ccccc4)ccc(N(c4cccc5oc6ccccc6c45)c4cccc5c4c4ccccc4n5-c4ccccc4)c23)cc1. The third-order valence-corrected chi connectivity index (χ3v) is 12.8. The Labute approximate surface area is 338 Å². The van der Waals surface area contributed by atoms with Crippen LogP contribution in [0.1, 0.15) is 0 Å². The third-order valence-electron chi connectivity index (χ3n) is 11.6. The fourth-order valence-electron chi connectivity index (χ4n) is 9.08. The molecule has 0 radical (unpaired) electrons. The maximum atomic E-state index is 6.58. The second-order valence-corrected chi connectivity index (χ2v) is 15.9. The van der Waals surface area contributed by atoms with Gasteiger partial charge in [-0.2, -0.15) is 0 Å². The molecule has 0 N–H and O–H groups in total. The topological polar surface area (TPSA) is 21.3 Å². The minimum atomic E-state index is 0.863. The van der Waals surface area contributed by atoms with Gasteiger partial charge in [-0.15, -0.1) is 11.3 Å². The smallest absolute Gasteiger partial charge is 0.137 e. The Kier molecular flexibility index (Phi) is 7.40. The van der Waals surface area contributed by atoms with Crippen molar-refractivity contribution in [3.05, 3.63) is 206 Å². The summed E-state index contributed by atoms with van der Waals surface area (Å²) in [6, 6.07) is 74.4. The van der Waals surface area contributed by atoms with E-state index in [9.17, 15) is 0 Å². The lowest BCUT2D eigenvalue weighted by Crippen LogP contribution is -2.11. The number of aromatic nitrogens is 1. The van der Waals surface area contributed by atoms with Crippen molar-refractivity contribution in [2.24, 2.45) is 0 Å². The van der Waals surface area contributed by atoms with Crippen LogP contribution in [0.3, 0.4) is 0 Å². The molecule has 0 aliphatic rings. The molecule has 58 heavy (non-hydrogen) atoms. The van der Waals surface area contributed by atoms with Crippen LogP contribution in [0, 0.1) is 0 Å². The molecule has 0 fully saturated rings. The van der Waals surface area contributed by atoms with Gasteiger partial charge in [-0.1, -0.05) is 146 Å². The molecule has 12 rings (SSSR count). The first kappa shape index (κ1) is 32.8. The van der Waals surface area contributed by atoms with E-state index in [-0.39, 0.29) is 0 Å². The standard InChI is InChI=1S/C54H34N2OS/c1-4-16-35(17-5-1)37-30-31-42-50(34-37)58-54-39(36-18-6-2-7-19-36)32-33-47(53(42)54)56(46-27-15-29-49-52(46)41-23-11-13-28-48(41)57-49)45-26-14-25-44-51(45)40-22-10-12-24-43(40)55(44)38-20-8-3-9-21-38/h1-34H. The Bertz CT molecular complexity index is 3510. The first-order valence-corrected chi connectivity index (χ1v) is 20.5. The number of hydrogen-bond donors (Lipinski definition) is 0. The molecule has 0 amide bonds. The lowest BCUT2D eigenvalue weighted by atomic mass is 9.98. The molecule has 0 saturated carbocycles. The fourth-order valence-corrected chi connectivity index (χ4v) is 10.4. The molecule has 12 aromatic rings. The molecule has 0 aliphatic carbocycles. The molecule has 3 nitrogen and oxygen atoms in total. The average molecular weight is 759 g/mol. The molecular formula is C54H34N2OS. The molecule has 0 unspecified atom stereocenters. The van der Waals surface area contributed by atoms with Crippen LogP contribution in [0.15, 0.2) is 211 Å². The molecule has 0 spiro atoms. The highest BCUT2D eigenvalue weighted by Gasteiger charge is 2.27. The number of hydrogen-bond acceptors (Lipinski definition) is 3. The highest BCUT2D eigenvalue weighted by molar-refractivity contribution is 7.26. The Hall–Kier alpha value is -7.40. The van der Waals surface area contributed by atoms with Crippen molar-refractivity contribution in [3.8, 4) is 27.9 Å². The molecular weight excluding hydrogens is 725 g/mol. The van der Waals surface area contributed by atoms with E-state index in [0.29, 0.717) is 0 Å². The van der Waals surface area contributed by atoms with E-state index >= 15 is 0 Å². The lowest BCUT2D eigenvalue weighted by molar-refractivity contribution is 0.669. The number of anilines is 3. The Balaban J connectivity index is 1.23. The number of furan rings is 1. The zero-order valence-electron chi connectivity index (χ0n) is 31.3. The molecule has 4 heteroatoms. The van der Waals surface area contributed by atoms with Gasteiger partial charge in [0.05, 0.1) is 33.5 Å². The van der Waals surface area contributed by atoms with E-state index in [1.165, 1.54) is 58.7 Å². The largest absolute Gasteiger partial charge is 0.456 e. The van der Waals surface area contributed by atoms with Crippen LogP contribution in [-0.4, -0.2) is 4.57 Å². The van der Waals surface area contributed by atoms with Crippen molar-refractivity contribution in [1.29, 1.82) is 0 Å². The molecule has 0 saturated heterocycles. The molecule has 0 atom stereocenters. The van der Waals surface area contributed by atoms with Gasteiger partial charge < -0.3 is 13.9 Å². The maximum Gasteiger partial charge on any atom is 0.137 e. The van der Waals surface area contributed by atoms with E-state index in [0.717, 1.165) is 50.2 Å². The lowest BCUT2D eigenvalue weighted by Gasteiger charge is -2.28. The summed E-state index contributed by atoms with van der Waals surface area (Å²) >= 11 is 1.88. The van der Waals surface area contributed by atoms with Gasteiger partial charge in [0.2, 0.25) is 0 Å². The Morgan fingerprint density at radius 1 is 0.397 bits per heavy atom. The van der Waals surface area contributed by atoms with Crippen molar-refractivity contribution < 1.29 is 4.42 Å². The van der Waals surface area contributed by atoms with Crippen LogP contribution in [-0.2, 0) is 0 Å². The van der Waals surface area contributed by atoms with Gasteiger partial charge in [0.25, 0.3) is 0 Å². The van der Waals surface area contributed by atoms with Crippen molar-refractivity contribution in [3.63, 3.8) is 0 Å². The van der Waals surface area contributed by atoms with Crippen LogP contribution in [0.25, 0.3) is 91.9 Å². The number of thiophene rings is 1. The van der Waals surface area contributed by atoms with Crippen LogP contribution < -0.4 is 4.90 Å². The van der Waals surface area contributed by atoms with Gasteiger partial charge in [-0.3, -0.25) is 0 Å². The normalized spacial score (nSPS) is 11.8. The molecule has 3 aromatic heterocycles. The minimum absolute atomic E-state index is 0.863. The number of para-hydroxylation sites is 3. The summed E-state index contributed by atoms with van der Waals surface area (Å²) in [7, 11) is 0. The highest BCUT2D eigenvalue weighted by Crippen LogP contribution is 2.52. The van der Waals surface area contributed by atoms with Gasteiger partial charge in [-0.05, 0) is 82.9 Å². The van der Waals surface area contributed by atoms with Crippen LogP contribution in [0.5, 0.6) is 0 Å². The highest BCUT2D eigenvalue weighted by atomic mass is 32.1. The second-order valence-electron chi connectivity index (χ2n) is 14.8. The number of benzene rings is 9. The van der Waals surface area contributed by atoms with Crippen LogP contribution >= 0.6 is 11.3 Å². The summed E-state index contributed by atoms with van der Waals surface area (Å²) in [5.41, 5.74) is 13.4. The van der Waals surface area contributed by atoms with Crippen molar-refractivity contribution in [2.45, 2.75) is 0 Å². The Morgan fingerprint density at radius 2 is 1.02 bits per heavy atom. The summed E-state index contributed by atoms with van der Waals surface area (Å²) in [5, 5.41) is 7.05. The maximum absolute atomic E-state index is 6.58. The van der Waals surface area contributed by atoms with Crippen molar-refractivity contribution in [1.82, 2.24) is 4.57 Å². The van der Waals surface area contributed by atoms with E-state index in [4.69, 9.17) is 4.42 Å².